The highest BCUT2D eigenvalue weighted by molar-refractivity contribution is 7.90. The number of hydrogen-bond acceptors (Lipinski definition) is 4. The van der Waals surface area contributed by atoms with Gasteiger partial charge in [0.25, 0.3) is 5.91 Å². The van der Waals surface area contributed by atoms with Crippen LogP contribution in [0.15, 0.2) is 54.6 Å². The van der Waals surface area contributed by atoms with E-state index in [9.17, 15) is 13.2 Å². The number of imidazole rings is 1. The molecule has 1 amide bonds. The van der Waals surface area contributed by atoms with Gasteiger partial charge in [-0.3, -0.25) is 4.79 Å². The molecule has 0 aliphatic carbocycles. The Morgan fingerprint density at radius 2 is 1.78 bits per heavy atom. The van der Waals surface area contributed by atoms with Gasteiger partial charge in [0.05, 0.1) is 18.0 Å². The molecule has 0 fully saturated rings. The molecule has 0 aliphatic heterocycles. The Labute approximate surface area is 228 Å². The molecular formula is C28H29Cl2N3O3S. The number of benzene rings is 2. The summed E-state index contributed by atoms with van der Waals surface area (Å²) in [5.41, 5.74) is 3.01. The van der Waals surface area contributed by atoms with Crippen LogP contribution < -0.4 is 4.72 Å². The number of aryl methyl sites for hydroxylation is 1. The van der Waals surface area contributed by atoms with Gasteiger partial charge in [-0.25, -0.2) is 18.1 Å². The molecule has 0 saturated heterocycles. The van der Waals surface area contributed by atoms with E-state index in [4.69, 9.17) is 23.2 Å². The number of nitrogens with zero attached hydrogens (tertiary/aromatic N) is 2. The van der Waals surface area contributed by atoms with E-state index >= 15 is 0 Å². The summed E-state index contributed by atoms with van der Waals surface area (Å²) in [6.07, 6.45) is 5.39. The molecule has 1 aromatic heterocycles. The number of aromatic nitrogens is 2. The van der Waals surface area contributed by atoms with Crippen LogP contribution in [-0.2, 0) is 27.8 Å². The number of unbranched alkanes of at least 4 members (excludes halogenated alkanes) is 2. The molecule has 0 unspecified atom stereocenters. The Morgan fingerprint density at radius 3 is 2.46 bits per heavy atom. The standard InChI is InChI=1S/C28H29Cl2N3O3S/c1-3-5-9-18-37(35,36)32-27(34)17-16-25-28(30)31-26(4-2)33(25)20-23-15-14-22(19-24(23)29)13-12-21-10-7-6-8-11-21/h6-8,10-11,14-17,19H,3-5,9,18,20H2,1-2H3,(H,32,34)/b17-16+. The molecular weight excluding hydrogens is 529 g/mol. The predicted molar refractivity (Wildman–Crippen MR) is 150 cm³/mol. The van der Waals surface area contributed by atoms with Gasteiger partial charge < -0.3 is 4.57 Å². The van der Waals surface area contributed by atoms with Gasteiger partial charge in [0.15, 0.2) is 5.15 Å². The van der Waals surface area contributed by atoms with Gasteiger partial charge in [0, 0.05) is 28.6 Å². The minimum atomic E-state index is -3.69. The summed E-state index contributed by atoms with van der Waals surface area (Å²) in [5.74, 6) is 6.11. The second kappa shape index (κ2) is 13.5. The zero-order valence-electron chi connectivity index (χ0n) is 20.8. The van der Waals surface area contributed by atoms with Crippen molar-refractivity contribution in [2.75, 3.05) is 5.75 Å². The van der Waals surface area contributed by atoms with E-state index in [0.29, 0.717) is 35.9 Å². The normalized spacial score (nSPS) is 11.4. The SMILES string of the molecule is CCCCCS(=O)(=O)NC(=O)/C=C/c1c(Cl)nc(CC)n1Cc1ccc(C#Cc2ccccc2)cc1Cl. The maximum Gasteiger partial charge on any atom is 0.257 e. The van der Waals surface area contributed by atoms with Crippen molar-refractivity contribution in [2.24, 2.45) is 0 Å². The molecule has 2 aromatic carbocycles. The molecule has 1 heterocycles. The molecule has 0 aliphatic rings. The van der Waals surface area contributed by atoms with Crippen LogP contribution in [0.2, 0.25) is 10.2 Å². The third-order valence-electron chi connectivity index (χ3n) is 5.53. The predicted octanol–water partition coefficient (Wildman–Crippen LogP) is 5.85. The first-order valence-corrected chi connectivity index (χ1v) is 14.5. The summed E-state index contributed by atoms with van der Waals surface area (Å²) in [6.45, 7) is 4.29. The Balaban J connectivity index is 1.79. The smallest absolute Gasteiger partial charge is 0.257 e. The summed E-state index contributed by atoms with van der Waals surface area (Å²) in [7, 11) is -3.69. The van der Waals surface area contributed by atoms with Gasteiger partial charge in [0.1, 0.15) is 5.82 Å². The minimum Gasteiger partial charge on any atom is -0.323 e. The molecule has 0 atom stereocenters. The molecule has 6 nitrogen and oxygen atoms in total. The van der Waals surface area contributed by atoms with Crippen LogP contribution in [0.25, 0.3) is 6.08 Å². The van der Waals surface area contributed by atoms with Gasteiger partial charge in [-0.1, -0.05) is 86.0 Å². The van der Waals surface area contributed by atoms with Gasteiger partial charge in [-0.2, -0.15) is 0 Å². The van der Waals surface area contributed by atoms with Crippen LogP contribution in [0.3, 0.4) is 0 Å². The highest BCUT2D eigenvalue weighted by Gasteiger charge is 2.16. The van der Waals surface area contributed by atoms with E-state index < -0.39 is 15.9 Å². The second-order valence-electron chi connectivity index (χ2n) is 8.39. The van der Waals surface area contributed by atoms with Crippen LogP contribution in [0.1, 0.15) is 61.3 Å². The van der Waals surface area contributed by atoms with Crippen molar-refractivity contribution in [1.29, 1.82) is 0 Å². The van der Waals surface area contributed by atoms with Crippen molar-refractivity contribution < 1.29 is 13.2 Å². The maximum atomic E-state index is 12.3. The largest absolute Gasteiger partial charge is 0.323 e. The number of carbonyl (C=O) groups excluding carboxylic acids is 1. The maximum absolute atomic E-state index is 12.3. The van der Waals surface area contributed by atoms with E-state index in [-0.39, 0.29) is 10.9 Å². The van der Waals surface area contributed by atoms with E-state index in [1.165, 1.54) is 6.08 Å². The third-order valence-corrected chi connectivity index (χ3v) is 7.50. The number of sulfonamides is 1. The van der Waals surface area contributed by atoms with E-state index in [0.717, 1.165) is 35.6 Å². The summed E-state index contributed by atoms with van der Waals surface area (Å²) < 4.78 is 28.2. The van der Waals surface area contributed by atoms with Gasteiger partial charge in [-0.15, -0.1) is 0 Å². The first kappa shape index (κ1) is 28.5. The van der Waals surface area contributed by atoms with Crippen molar-refractivity contribution in [1.82, 2.24) is 14.3 Å². The third kappa shape index (κ3) is 8.50. The lowest BCUT2D eigenvalue weighted by Gasteiger charge is -2.11. The fraction of sp³-hybridized carbons (Fsp3) is 0.286. The quantitative estimate of drug-likeness (QED) is 0.192. The Kier molecular flexibility index (Phi) is 10.4. The summed E-state index contributed by atoms with van der Waals surface area (Å²) in [4.78, 5) is 16.7. The van der Waals surface area contributed by atoms with Gasteiger partial charge >= 0.3 is 0 Å². The topological polar surface area (TPSA) is 81.1 Å². The molecule has 3 rings (SSSR count). The second-order valence-corrected chi connectivity index (χ2v) is 11.0. The zero-order valence-corrected chi connectivity index (χ0v) is 23.1. The Hall–Kier alpha value is -3.05. The van der Waals surface area contributed by atoms with Crippen LogP contribution in [-0.4, -0.2) is 29.6 Å². The first-order chi connectivity index (χ1) is 17.7. The molecule has 0 bridgehead atoms. The number of rotatable bonds is 10. The lowest BCUT2D eigenvalue weighted by molar-refractivity contribution is -0.114. The molecule has 9 heteroatoms. The van der Waals surface area contributed by atoms with Crippen molar-refractivity contribution in [3.8, 4) is 11.8 Å². The van der Waals surface area contributed by atoms with Crippen molar-refractivity contribution in [2.45, 2.75) is 46.1 Å². The average Bonchev–Trinajstić information content (AvgIpc) is 3.17. The van der Waals surface area contributed by atoms with Crippen LogP contribution in [0.5, 0.6) is 0 Å². The fourth-order valence-electron chi connectivity index (χ4n) is 3.61. The molecule has 3 aromatic rings. The molecule has 0 spiro atoms. The Bertz CT molecular complexity index is 1440. The van der Waals surface area contributed by atoms with E-state index in [1.54, 1.807) is 0 Å². The van der Waals surface area contributed by atoms with Crippen LogP contribution in [0, 0.1) is 11.8 Å². The van der Waals surface area contributed by atoms with Crippen molar-refractivity contribution >= 4 is 45.2 Å². The van der Waals surface area contributed by atoms with Crippen LogP contribution >= 0.6 is 23.2 Å². The molecule has 0 saturated carbocycles. The lowest BCUT2D eigenvalue weighted by Crippen LogP contribution is -2.31. The number of hydrogen-bond donors (Lipinski definition) is 1. The summed E-state index contributed by atoms with van der Waals surface area (Å²) in [6, 6.07) is 15.3. The highest BCUT2D eigenvalue weighted by Crippen LogP contribution is 2.25. The lowest BCUT2D eigenvalue weighted by atomic mass is 10.1. The monoisotopic (exact) mass is 557 g/mol. The minimum absolute atomic E-state index is 0.0939. The molecule has 1 N–H and O–H groups in total. The highest BCUT2D eigenvalue weighted by atomic mass is 35.5. The number of amides is 1. The average molecular weight is 559 g/mol. The molecule has 37 heavy (non-hydrogen) atoms. The van der Waals surface area contributed by atoms with Gasteiger partial charge in [-0.05, 0) is 42.3 Å². The number of carbonyl (C=O) groups is 1. The number of halogens is 2. The van der Waals surface area contributed by atoms with Crippen LogP contribution in [0.4, 0.5) is 0 Å². The first-order valence-electron chi connectivity index (χ1n) is 12.0. The zero-order chi connectivity index (χ0) is 26.8. The number of nitrogens with one attached hydrogen (secondary N) is 1. The fourth-order valence-corrected chi connectivity index (χ4v) is 5.17. The van der Waals surface area contributed by atoms with Crippen molar-refractivity contribution in [3.05, 3.63) is 93.0 Å². The van der Waals surface area contributed by atoms with E-state index in [2.05, 4.69) is 21.5 Å². The summed E-state index contributed by atoms with van der Waals surface area (Å²) in [5, 5.41) is 0.755. The summed E-state index contributed by atoms with van der Waals surface area (Å²) >= 11 is 13.0. The van der Waals surface area contributed by atoms with Crippen molar-refractivity contribution in [3.63, 3.8) is 0 Å². The van der Waals surface area contributed by atoms with Gasteiger partial charge in [0.2, 0.25) is 10.0 Å². The molecule has 0 radical (unpaired) electrons. The molecule has 194 valence electrons. The Morgan fingerprint density at radius 1 is 1.05 bits per heavy atom. The van der Waals surface area contributed by atoms with E-state index in [1.807, 2.05) is 66.9 Å².